The summed E-state index contributed by atoms with van der Waals surface area (Å²) < 4.78 is 1.10. The van der Waals surface area contributed by atoms with Crippen molar-refractivity contribution in [1.82, 2.24) is 0 Å². The van der Waals surface area contributed by atoms with E-state index in [-0.39, 0.29) is 11.5 Å². The first-order chi connectivity index (χ1) is 8.10. The van der Waals surface area contributed by atoms with Crippen LogP contribution in [0.15, 0.2) is 28.7 Å². The molecule has 0 spiro atoms. The highest BCUT2D eigenvalue weighted by molar-refractivity contribution is 9.10. The predicted octanol–water partition coefficient (Wildman–Crippen LogP) is 4.32. The van der Waals surface area contributed by atoms with Crippen molar-refractivity contribution in [2.24, 2.45) is 5.41 Å². The fourth-order valence-electron chi connectivity index (χ4n) is 2.78. The highest BCUT2D eigenvalue weighted by atomic mass is 79.9. The molecular weight excluding hydrogens is 276 g/mol. The first kappa shape index (κ1) is 13.1. The van der Waals surface area contributed by atoms with Gasteiger partial charge in [-0.15, -0.1) is 0 Å². The van der Waals surface area contributed by atoms with Crippen LogP contribution in [0.5, 0.6) is 0 Å². The van der Waals surface area contributed by atoms with Crippen molar-refractivity contribution in [3.8, 4) is 0 Å². The molecule has 2 heteroatoms. The second-order valence-electron chi connectivity index (χ2n) is 5.56. The highest BCUT2D eigenvalue weighted by Crippen LogP contribution is 2.39. The molecule has 0 aromatic heterocycles. The van der Waals surface area contributed by atoms with Gasteiger partial charge >= 0.3 is 0 Å². The van der Waals surface area contributed by atoms with E-state index in [9.17, 15) is 5.11 Å². The maximum atomic E-state index is 10.4. The molecule has 1 unspecified atom stereocenters. The standard InChI is InChI=1S/C15H21BrO/c1-15(9-3-2-4-10-15)14(17)11-12-5-7-13(16)8-6-12/h5-8,14,17H,2-4,9-11H2,1H3. The zero-order chi connectivity index (χ0) is 12.3. The van der Waals surface area contributed by atoms with Gasteiger partial charge in [-0.05, 0) is 42.4 Å². The topological polar surface area (TPSA) is 20.2 Å². The van der Waals surface area contributed by atoms with Gasteiger partial charge in [0, 0.05) is 4.47 Å². The maximum absolute atomic E-state index is 10.4. The Bertz CT molecular complexity index is 352. The summed E-state index contributed by atoms with van der Waals surface area (Å²) in [6.07, 6.45) is 6.80. The third kappa shape index (κ3) is 3.32. The Morgan fingerprint density at radius 3 is 2.35 bits per heavy atom. The van der Waals surface area contributed by atoms with Crippen molar-refractivity contribution in [2.75, 3.05) is 0 Å². The average Bonchev–Trinajstić information content (AvgIpc) is 2.33. The van der Waals surface area contributed by atoms with Crippen LogP contribution in [0.25, 0.3) is 0 Å². The normalized spacial score (nSPS) is 21.1. The summed E-state index contributed by atoms with van der Waals surface area (Å²) in [6.45, 7) is 2.25. The van der Waals surface area contributed by atoms with Crippen LogP contribution in [0, 0.1) is 5.41 Å². The molecule has 17 heavy (non-hydrogen) atoms. The second-order valence-corrected chi connectivity index (χ2v) is 6.48. The quantitative estimate of drug-likeness (QED) is 0.880. The van der Waals surface area contributed by atoms with Gasteiger partial charge in [-0.1, -0.05) is 54.2 Å². The molecule has 0 radical (unpaired) electrons. The van der Waals surface area contributed by atoms with E-state index >= 15 is 0 Å². The van der Waals surface area contributed by atoms with Gasteiger partial charge in [0.1, 0.15) is 0 Å². The smallest absolute Gasteiger partial charge is 0.0634 e. The Morgan fingerprint density at radius 1 is 1.18 bits per heavy atom. The minimum absolute atomic E-state index is 0.130. The largest absolute Gasteiger partial charge is 0.392 e. The molecule has 0 heterocycles. The minimum atomic E-state index is -0.205. The zero-order valence-corrected chi connectivity index (χ0v) is 12.0. The van der Waals surface area contributed by atoms with Gasteiger partial charge < -0.3 is 5.11 Å². The molecule has 1 aromatic rings. The van der Waals surface area contributed by atoms with Crippen LogP contribution < -0.4 is 0 Å². The Balaban J connectivity index is 2.00. The Kier molecular flexibility index (Phi) is 4.26. The molecule has 2 rings (SSSR count). The number of hydrogen-bond donors (Lipinski definition) is 1. The van der Waals surface area contributed by atoms with Crippen LogP contribution in [0.3, 0.4) is 0 Å². The predicted molar refractivity (Wildman–Crippen MR) is 75.0 cm³/mol. The van der Waals surface area contributed by atoms with Crippen LogP contribution in [0.1, 0.15) is 44.6 Å². The highest BCUT2D eigenvalue weighted by Gasteiger charge is 2.34. The van der Waals surface area contributed by atoms with Crippen molar-refractivity contribution in [3.05, 3.63) is 34.3 Å². The minimum Gasteiger partial charge on any atom is -0.392 e. The molecule has 1 atom stereocenters. The SMILES string of the molecule is CC1(C(O)Cc2ccc(Br)cc2)CCCCC1. The van der Waals surface area contributed by atoms with Gasteiger partial charge in [-0.3, -0.25) is 0 Å². The number of rotatable bonds is 3. The summed E-state index contributed by atoms with van der Waals surface area (Å²) in [5, 5.41) is 10.4. The van der Waals surface area contributed by atoms with Crippen LogP contribution in [0.4, 0.5) is 0 Å². The number of halogens is 1. The molecular formula is C15H21BrO. The summed E-state index contributed by atoms with van der Waals surface area (Å²) in [5.41, 5.74) is 1.36. The summed E-state index contributed by atoms with van der Waals surface area (Å²) in [6, 6.07) is 8.29. The van der Waals surface area contributed by atoms with E-state index in [0.29, 0.717) is 0 Å². The fraction of sp³-hybridized carbons (Fsp3) is 0.600. The van der Waals surface area contributed by atoms with Crippen molar-refractivity contribution >= 4 is 15.9 Å². The van der Waals surface area contributed by atoms with Gasteiger partial charge in [0.2, 0.25) is 0 Å². The molecule has 1 nitrogen and oxygen atoms in total. The molecule has 1 aromatic carbocycles. The van der Waals surface area contributed by atoms with E-state index in [4.69, 9.17) is 0 Å². The summed E-state index contributed by atoms with van der Waals surface area (Å²) in [4.78, 5) is 0. The molecule has 1 aliphatic rings. The maximum Gasteiger partial charge on any atom is 0.0634 e. The Hall–Kier alpha value is -0.340. The van der Waals surface area contributed by atoms with Crippen molar-refractivity contribution < 1.29 is 5.11 Å². The van der Waals surface area contributed by atoms with Crippen molar-refractivity contribution in [2.45, 2.75) is 51.6 Å². The molecule has 1 saturated carbocycles. The van der Waals surface area contributed by atoms with Crippen LogP contribution in [0.2, 0.25) is 0 Å². The number of hydrogen-bond acceptors (Lipinski definition) is 1. The van der Waals surface area contributed by atoms with Crippen LogP contribution >= 0.6 is 15.9 Å². The van der Waals surface area contributed by atoms with Crippen molar-refractivity contribution in [1.29, 1.82) is 0 Å². The van der Waals surface area contributed by atoms with Gasteiger partial charge in [-0.25, -0.2) is 0 Å². The first-order valence-corrected chi connectivity index (χ1v) is 7.32. The number of aliphatic hydroxyl groups excluding tert-OH is 1. The third-order valence-electron chi connectivity index (χ3n) is 4.14. The van der Waals surface area contributed by atoms with E-state index < -0.39 is 0 Å². The van der Waals surface area contributed by atoms with E-state index in [2.05, 4.69) is 35.0 Å². The second kappa shape index (κ2) is 5.53. The summed E-state index contributed by atoms with van der Waals surface area (Å²) in [5.74, 6) is 0. The molecule has 0 bridgehead atoms. The summed E-state index contributed by atoms with van der Waals surface area (Å²) in [7, 11) is 0. The number of aliphatic hydroxyl groups is 1. The Labute approximate surface area is 112 Å². The van der Waals surface area contributed by atoms with Crippen molar-refractivity contribution in [3.63, 3.8) is 0 Å². The molecule has 1 fully saturated rings. The fourth-order valence-corrected chi connectivity index (χ4v) is 3.05. The van der Waals surface area contributed by atoms with E-state index in [1.165, 1.54) is 37.7 Å². The number of benzene rings is 1. The average molecular weight is 297 g/mol. The van der Waals surface area contributed by atoms with Gasteiger partial charge in [-0.2, -0.15) is 0 Å². The molecule has 94 valence electrons. The van der Waals surface area contributed by atoms with Crippen LogP contribution in [-0.4, -0.2) is 11.2 Å². The molecule has 0 saturated heterocycles. The lowest BCUT2D eigenvalue weighted by Gasteiger charge is -2.38. The molecule has 1 N–H and O–H groups in total. The lowest BCUT2D eigenvalue weighted by molar-refractivity contribution is 0.0104. The van der Waals surface area contributed by atoms with Gasteiger partial charge in [0.05, 0.1) is 6.10 Å². The molecule has 0 amide bonds. The molecule has 1 aliphatic carbocycles. The monoisotopic (exact) mass is 296 g/mol. The summed E-state index contributed by atoms with van der Waals surface area (Å²) >= 11 is 3.44. The third-order valence-corrected chi connectivity index (χ3v) is 4.67. The lowest BCUT2D eigenvalue weighted by atomic mass is 9.70. The molecule has 0 aliphatic heterocycles. The van der Waals surface area contributed by atoms with E-state index in [1.807, 2.05) is 12.1 Å². The van der Waals surface area contributed by atoms with E-state index in [1.54, 1.807) is 0 Å². The lowest BCUT2D eigenvalue weighted by Crippen LogP contribution is -2.35. The van der Waals surface area contributed by atoms with Gasteiger partial charge in [0.25, 0.3) is 0 Å². The van der Waals surface area contributed by atoms with Crippen LogP contribution in [-0.2, 0) is 6.42 Å². The van der Waals surface area contributed by atoms with Gasteiger partial charge in [0.15, 0.2) is 0 Å². The zero-order valence-electron chi connectivity index (χ0n) is 10.5. The Morgan fingerprint density at radius 2 is 1.76 bits per heavy atom. The van der Waals surface area contributed by atoms with E-state index in [0.717, 1.165) is 10.9 Å². The first-order valence-electron chi connectivity index (χ1n) is 6.53.